The van der Waals surface area contributed by atoms with Crippen molar-refractivity contribution in [2.24, 2.45) is 0 Å². The third-order valence-electron chi connectivity index (χ3n) is 2.85. The zero-order valence-corrected chi connectivity index (χ0v) is 12.0. The van der Waals surface area contributed by atoms with Crippen molar-refractivity contribution in [1.29, 1.82) is 0 Å². The number of ether oxygens (including phenoxy) is 2. The van der Waals surface area contributed by atoms with Crippen molar-refractivity contribution in [1.82, 2.24) is 10.2 Å². The van der Waals surface area contributed by atoms with Crippen LogP contribution in [0.15, 0.2) is 18.2 Å². The summed E-state index contributed by atoms with van der Waals surface area (Å²) in [7, 11) is 5.00. The highest BCUT2D eigenvalue weighted by Crippen LogP contribution is 2.25. The lowest BCUT2D eigenvalue weighted by Gasteiger charge is -2.19. The van der Waals surface area contributed by atoms with Crippen LogP contribution in [0.1, 0.15) is 12.5 Å². The van der Waals surface area contributed by atoms with Gasteiger partial charge in [0.15, 0.2) is 0 Å². The number of likely N-dealkylation sites (N-methyl/N-ethyl adjacent to an activating group) is 2. The molecule has 0 saturated carbocycles. The van der Waals surface area contributed by atoms with Gasteiger partial charge >= 0.3 is 0 Å². The molecule has 0 fully saturated rings. The lowest BCUT2D eigenvalue weighted by atomic mass is 10.2. The standard InChI is InChI=1S/C14H22N2O3/c1-5-15-9-14(17)16(2)10-11-6-7-12(18-3)8-13(11)19-4/h6-8,15H,5,9-10H2,1-4H3. The van der Waals surface area contributed by atoms with Crippen LogP contribution in [0.5, 0.6) is 11.5 Å². The monoisotopic (exact) mass is 266 g/mol. The zero-order chi connectivity index (χ0) is 14.3. The Balaban J connectivity index is 2.72. The molecule has 0 aliphatic carbocycles. The van der Waals surface area contributed by atoms with Crippen LogP contribution in [0.2, 0.25) is 0 Å². The molecular weight excluding hydrogens is 244 g/mol. The molecule has 0 bridgehead atoms. The summed E-state index contributed by atoms with van der Waals surface area (Å²) in [5.41, 5.74) is 0.954. The van der Waals surface area contributed by atoms with Gasteiger partial charge in [-0.25, -0.2) is 0 Å². The molecule has 5 nitrogen and oxygen atoms in total. The molecule has 19 heavy (non-hydrogen) atoms. The van der Waals surface area contributed by atoms with E-state index in [0.717, 1.165) is 23.6 Å². The second kappa shape index (κ2) is 7.63. The summed E-state index contributed by atoms with van der Waals surface area (Å²) in [5.74, 6) is 1.52. The number of nitrogens with zero attached hydrogens (tertiary/aromatic N) is 1. The summed E-state index contributed by atoms with van der Waals surface area (Å²) in [4.78, 5) is 13.5. The first kappa shape index (κ1) is 15.3. The number of amides is 1. The SMILES string of the molecule is CCNCC(=O)N(C)Cc1ccc(OC)cc1OC. The first-order valence-electron chi connectivity index (χ1n) is 6.28. The molecule has 1 rings (SSSR count). The van der Waals surface area contributed by atoms with Crippen molar-refractivity contribution >= 4 is 5.91 Å². The van der Waals surface area contributed by atoms with Gasteiger partial charge in [-0.3, -0.25) is 4.79 Å². The number of rotatable bonds is 7. The van der Waals surface area contributed by atoms with E-state index in [0.29, 0.717) is 13.1 Å². The van der Waals surface area contributed by atoms with Gasteiger partial charge in [-0.2, -0.15) is 0 Å². The molecule has 1 amide bonds. The minimum absolute atomic E-state index is 0.0553. The molecule has 0 spiro atoms. The second-order valence-corrected chi connectivity index (χ2v) is 4.21. The number of carbonyl (C=O) groups is 1. The number of benzene rings is 1. The van der Waals surface area contributed by atoms with E-state index >= 15 is 0 Å². The Morgan fingerprint density at radius 2 is 2.05 bits per heavy atom. The quantitative estimate of drug-likeness (QED) is 0.807. The average molecular weight is 266 g/mol. The topological polar surface area (TPSA) is 50.8 Å². The molecule has 1 N–H and O–H groups in total. The van der Waals surface area contributed by atoms with Crippen LogP contribution in [-0.2, 0) is 11.3 Å². The number of carbonyl (C=O) groups excluding carboxylic acids is 1. The summed E-state index contributed by atoms with van der Waals surface area (Å²) < 4.78 is 10.5. The number of hydrogen-bond donors (Lipinski definition) is 1. The maximum atomic E-state index is 11.8. The molecular formula is C14H22N2O3. The Hall–Kier alpha value is -1.75. The van der Waals surface area contributed by atoms with Gasteiger partial charge < -0.3 is 19.7 Å². The van der Waals surface area contributed by atoms with Crippen molar-refractivity contribution < 1.29 is 14.3 Å². The lowest BCUT2D eigenvalue weighted by Crippen LogP contribution is -2.35. The largest absolute Gasteiger partial charge is 0.497 e. The van der Waals surface area contributed by atoms with E-state index in [1.807, 2.05) is 25.1 Å². The molecule has 0 atom stereocenters. The van der Waals surface area contributed by atoms with Crippen molar-refractivity contribution in [3.63, 3.8) is 0 Å². The molecule has 1 aromatic carbocycles. The van der Waals surface area contributed by atoms with Crippen LogP contribution in [-0.4, -0.2) is 45.2 Å². The Bertz CT molecular complexity index is 421. The summed E-state index contributed by atoms with van der Waals surface area (Å²) in [5, 5.41) is 3.02. The van der Waals surface area contributed by atoms with Crippen LogP contribution in [0.25, 0.3) is 0 Å². The van der Waals surface area contributed by atoms with Crippen LogP contribution < -0.4 is 14.8 Å². The molecule has 0 aliphatic heterocycles. The Kier molecular flexibility index (Phi) is 6.15. The van der Waals surface area contributed by atoms with E-state index in [9.17, 15) is 4.79 Å². The third kappa shape index (κ3) is 4.44. The van der Waals surface area contributed by atoms with E-state index in [-0.39, 0.29) is 5.91 Å². The normalized spacial score (nSPS) is 10.1. The highest BCUT2D eigenvalue weighted by molar-refractivity contribution is 5.78. The van der Waals surface area contributed by atoms with Gasteiger partial charge in [0.25, 0.3) is 0 Å². The predicted molar refractivity (Wildman–Crippen MR) is 74.6 cm³/mol. The van der Waals surface area contributed by atoms with Gasteiger partial charge in [0.1, 0.15) is 11.5 Å². The fourth-order valence-electron chi connectivity index (χ4n) is 1.69. The van der Waals surface area contributed by atoms with Crippen molar-refractivity contribution in [2.75, 3.05) is 34.4 Å². The van der Waals surface area contributed by atoms with E-state index in [1.165, 1.54) is 0 Å². The van der Waals surface area contributed by atoms with Crippen molar-refractivity contribution in [3.05, 3.63) is 23.8 Å². The third-order valence-corrected chi connectivity index (χ3v) is 2.85. The Morgan fingerprint density at radius 3 is 2.63 bits per heavy atom. The molecule has 0 aliphatic rings. The summed E-state index contributed by atoms with van der Waals surface area (Å²) in [6.45, 7) is 3.62. The summed E-state index contributed by atoms with van der Waals surface area (Å²) in [6.07, 6.45) is 0. The zero-order valence-electron chi connectivity index (χ0n) is 12.0. The number of nitrogens with one attached hydrogen (secondary N) is 1. The van der Waals surface area contributed by atoms with Gasteiger partial charge in [0, 0.05) is 25.2 Å². The smallest absolute Gasteiger partial charge is 0.236 e. The molecule has 5 heteroatoms. The van der Waals surface area contributed by atoms with Gasteiger partial charge in [-0.1, -0.05) is 6.92 Å². The van der Waals surface area contributed by atoms with Gasteiger partial charge in [-0.15, -0.1) is 0 Å². The minimum Gasteiger partial charge on any atom is -0.497 e. The first-order valence-corrected chi connectivity index (χ1v) is 6.28. The van der Waals surface area contributed by atoms with Crippen LogP contribution in [0, 0.1) is 0 Å². The van der Waals surface area contributed by atoms with E-state index in [4.69, 9.17) is 9.47 Å². The molecule has 0 saturated heterocycles. The molecule has 1 aromatic rings. The molecule has 0 heterocycles. The van der Waals surface area contributed by atoms with Crippen LogP contribution in [0.3, 0.4) is 0 Å². The fourth-order valence-corrected chi connectivity index (χ4v) is 1.69. The Labute approximate surface area is 114 Å². The van der Waals surface area contributed by atoms with Crippen molar-refractivity contribution in [3.8, 4) is 11.5 Å². The number of methoxy groups -OCH3 is 2. The van der Waals surface area contributed by atoms with E-state index in [1.54, 1.807) is 26.2 Å². The number of hydrogen-bond acceptors (Lipinski definition) is 4. The van der Waals surface area contributed by atoms with Gasteiger partial charge in [0.05, 0.1) is 20.8 Å². The molecule has 0 radical (unpaired) electrons. The molecule has 106 valence electrons. The van der Waals surface area contributed by atoms with Crippen LogP contribution >= 0.6 is 0 Å². The van der Waals surface area contributed by atoms with E-state index < -0.39 is 0 Å². The Morgan fingerprint density at radius 1 is 1.32 bits per heavy atom. The maximum absolute atomic E-state index is 11.8. The summed E-state index contributed by atoms with van der Waals surface area (Å²) in [6, 6.07) is 5.59. The highest BCUT2D eigenvalue weighted by atomic mass is 16.5. The van der Waals surface area contributed by atoms with Crippen LogP contribution in [0.4, 0.5) is 0 Å². The van der Waals surface area contributed by atoms with Gasteiger partial charge in [-0.05, 0) is 18.7 Å². The second-order valence-electron chi connectivity index (χ2n) is 4.21. The average Bonchev–Trinajstić information content (AvgIpc) is 2.44. The lowest BCUT2D eigenvalue weighted by molar-refractivity contribution is -0.129. The predicted octanol–water partition coefficient (Wildman–Crippen LogP) is 1.27. The van der Waals surface area contributed by atoms with Gasteiger partial charge in [0.2, 0.25) is 5.91 Å². The van der Waals surface area contributed by atoms with E-state index in [2.05, 4.69) is 5.32 Å². The van der Waals surface area contributed by atoms with Crippen molar-refractivity contribution in [2.45, 2.75) is 13.5 Å². The molecule has 0 aromatic heterocycles. The maximum Gasteiger partial charge on any atom is 0.236 e. The first-order chi connectivity index (χ1) is 9.12. The summed E-state index contributed by atoms with van der Waals surface area (Å²) >= 11 is 0. The fraction of sp³-hybridized carbons (Fsp3) is 0.500. The minimum atomic E-state index is 0.0553. The molecule has 0 unspecified atom stereocenters. The highest BCUT2D eigenvalue weighted by Gasteiger charge is 2.12.